The van der Waals surface area contributed by atoms with Crippen molar-refractivity contribution in [3.8, 4) is 0 Å². The molecule has 5 heteroatoms. The molecule has 1 aromatic carbocycles. The summed E-state index contributed by atoms with van der Waals surface area (Å²) < 4.78 is 11.3. The molecule has 102 valence electrons. The molecule has 1 aromatic rings. The van der Waals surface area contributed by atoms with E-state index in [1.807, 2.05) is 30.3 Å². The van der Waals surface area contributed by atoms with Crippen LogP contribution in [-0.2, 0) is 14.3 Å². The van der Waals surface area contributed by atoms with Gasteiger partial charge in [-0.05, 0) is 12.1 Å². The number of carboxylic acid groups (broad SMARTS) is 1. The summed E-state index contributed by atoms with van der Waals surface area (Å²) in [4.78, 5) is 12.5. The van der Waals surface area contributed by atoms with Gasteiger partial charge >= 0.3 is 5.97 Å². The topological polar surface area (TPSA) is 55.8 Å². The lowest BCUT2D eigenvalue weighted by Crippen LogP contribution is -2.27. The Labute approximate surface area is 116 Å². The number of ether oxygens (including phenoxy) is 2. The van der Waals surface area contributed by atoms with E-state index in [0.29, 0.717) is 26.1 Å². The van der Waals surface area contributed by atoms with E-state index in [2.05, 4.69) is 0 Å². The molecule has 1 aliphatic heterocycles. The van der Waals surface area contributed by atoms with E-state index in [-0.39, 0.29) is 5.25 Å². The largest absolute Gasteiger partial charge is 0.481 e. The number of thioether (sulfide) groups is 1. The molecule has 1 saturated heterocycles. The van der Waals surface area contributed by atoms with Crippen molar-refractivity contribution < 1.29 is 19.4 Å². The molecular formula is C14H16O4S. The van der Waals surface area contributed by atoms with Crippen LogP contribution in [0.1, 0.15) is 12.8 Å². The monoisotopic (exact) mass is 280 g/mol. The summed E-state index contributed by atoms with van der Waals surface area (Å²) in [6.45, 7) is 1.13. The molecule has 1 aliphatic carbocycles. The summed E-state index contributed by atoms with van der Waals surface area (Å²) in [5, 5.41) is 9.38. The Kier molecular flexibility index (Phi) is 3.52. The van der Waals surface area contributed by atoms with E-state index >= 15 is 0 Å². The zero-order chi connectivity index (χ0) is 13.3. The minimum atomic E-state index is -0.760. The van der Waals surface area contributed by atoms with Gasteiger partial charge in [0.25, 0.3) is 0 Å². The van der Waals surface area contributed by atoms with Crippen LogP contribution in [0, 0.1) is 5.92 Å². The summed E-state index contributed by atoms with van der Waals surface area (Å²) in [7, 11) is 0. The van der Waals surface area contributed by atoms with Gasteiger partial charge in [0.1, 0.15) is 0 Å². The van der Waals surface area contributed by atoms with Gasteiger partial charge in [0.05, 0.1) is 19.1 Å². The second-order valence-corrected chi connectivity index (χ2v) is 6.24. The van der Waals surface area contributed by atoms with E-state index in [4.69, 9.17) is 9.47 Å². The molecule has 1 N–H and O–H groups in total. The molecule has 2 aliphatic rings. The second-order valence-electron chi connectivity index (χ2n) is 4.93. The van der Waals surface area contributed by atoms with Crippen LogP contribution >= 0.6 is 11.8 Å². The van der Waals surface area contributed by atoms with E-state index in [1.54, 1.807) is 11.8 Å². The summed E-state index contributed by atoms with van der Waals surface area (Å²) in [6.07, 6.45) is 1.09. The molecule has 0 unspecified atom stereocenters. The van der Waals surface area contributed by atoms with Crippen LogP contribution in [0.5, 0.6) is 0 Å². The molecule has 2 fully saturated rings. The van der Waals surface area contributed by atoms with Gasteiger partial charge in [-0.1, -0.05) is 18.2 Å². The fourth-order valence-electron chi connectivity index (χ4n) is 2.78. The molecular weight excluding hydrogens is 264 g/mol. The van der Waals surface area contributed by atoms with Gasteiger partial charge in [0.15, 0.2) is 5.79 Å². The number of carboxylic acids is 1. The summed E-state index contributed by atoms with van der Waals surface area (Å²) >= 11 is 1.61. The van der Waals surface area contributed by atoms with Crippen molar-refractivity contribution in [2.75, 3.05) is 13.2 Å². The van der Waals surface area contributed by atoms with Gasteiger partial charge < -0.3 is 14.6 Å². The highest BCUT2D eigenvalue weighted by Crippen LogP contribution is 2.47. The highest BCUT2D eigenvalue weighted by Gasteiger charge is 2.52. The third-order valence-electron chi connectivity index (χ3n) is 3.65. The van der Waals surface area contributed by atoms with Crippen LogP contribution in [-0.4, -0.2) is 35.3 Å². The standard InChI is InChI=1S/C14H16O4S/c15-13(16)11-8-14(17-6-7-18-14)9-12(11)19-10-4-2-1-3-5-10/h1-5,11-12H,6-9H2,(H,15,16)/t11-,12-/m0/s1. The minimum Gasteiger partial charge on any atom is -0.481 e. The van der Waals surface area contributed by atoms with Crippen LogP contribution in [0.4, 0.5) is 0 Å². The Bertz CT molecular complexity index is 456. The Morgan fingerprint density at radius 3 is 2.53 bits per heavy atom. The van der Waals surface area contributed by atoms with Crippen molar-refractivity contribution in [2.45, 2.75) is 28.8 Å². The van der Waals surface area contributed by atoms with Gasteiger partial charge in [-0.25, -0.2) is 0 Å². The molecule has 1 spiro atoms. The lowest BCUT2D eigenvalue weighted by molar-refractivity contribution is -0.159. The summed E-state index contributed by atoms with van der Waals surface area (Å²) in [5.74, 6) is -1.83. The van der Waals surface area contributed by atoms with Crippen LogP contribution in [0.25, 0.3) is 0 Å². The average Bonchev–Trinajstić information content (AvgIpc) is 2.99. The van der Waals surface area contributed by atoms with Gasteiger partial charge in [0.2, 0.25) is 0 Å². The van der Waals surface area contributed by atoms with Crippen molar-refractivity contribution in [3.05, 3.63) is 30.3 Å². The number of aliphatic carboxylic acids is 1. The van der Waals surface area contributed by atoms with Crippen molar-refractivity contribution >= 4 is 17.7 Å². The maximum Gasteiger partial charge on any atom is 0.307 e. The van der Waals surface area contributed by atoms with E-state index in [1.165, 1.54) is 0 Å². The molecule has 1 heterocycles. The molecule has 0 aromatic heterocycles. The summed E-state index contributed by atoms with van der Waals surface area (Å²) in [5.41, 5.74) is 0. The Morgan fingerprint density at radius 1 is 1.21 bits per heavy atom. The second kappa shape index (κ2) is 5.15. The quantitative estimate of drug-likeness (QED) is 0.921. The zero-order valence-electron chi connectivity index (χ0n) is 10.5. The first kappa shape index (κ1) is 13.0. The number of hydrogen-bond donors (Lipinski definition) is 1. The zero-order valence-corrected chi connectivity index (χ0v) is 11.3. The predicted octanol–water partition coefficient (Wildman–Crippen LogP) is 2.39. The third-order valence-corrected chi connectivity index (χ3v) is 5.00. The average molecular weight is 280 g/mol. The van der Waals surface area contributed by atoms with Crippen LogP contribution in [0.15, 0.2) is 35.2 Å². The SMILES string of the molecule is O=C(O)[C@H]1CC2(C[C@@H]1Sc1ccccc1)OCCO2. The van der Waals surface area contributed by atoms with Crippen molar-refractivity contribution in [3.63, 3.8) is 0 Å². The highest BCUT2D eigenvalue weighted by atomic mass is 32.2. The van der Waals surface area contributed by atoms with Crippen LogP contribution < -0.4 is 0 Å². The summed E-state index contributed by atoms with van der Waals surface area (Å²) in [6, 6.07) is 9.89. The van der Waals surface area contributed by atoms with Crippen molar-refractivity contribution in [2.24, 2.45) is 5.92 Å². The predicted molar refractivity (Wildman–Crippen MR) is 71.1 cm³/mol. The highest BCUT2D eigenvalue weighted by molar-refractivity contribution is 8.00. The van der Waals surface area contributed by atoms with Gasteiger partial charge in [0, 0.05) is 23.0 Å². The third kappa shape index (κ3) is 2.63. The van der Waals surface area contributed by atoms with Gasteiger partial charge in [-0.3, -0.25) is 4.79 Å². The van der Waals surface area contributed by atoms with Crippen LogP contribution in [0.2, 0.25) is 0 Å². The first-order valence-electron chi connectivity index (χ1n) is 6.41. The Balaban J connectivity index is 1.77. The molecule has 19 heavy (non-hydrogen) atoms. The molecule has 0 amide bonds. The van der Waals surface area contributed by atoms with Crippen LogP contribution in [0.3, 0.4) is 0 Å². The Morgan fingerprint density at radius 2 is 1.89 bits per heavy atom. The molecule has 0 radical (unpaired) electrons. The molecule has 3 rings (SSSR count). The smallest absolute Gasteiger partial charge is 0.307 e. The van der Waals surface area contributed by atoms with E-state index < -0.39 is 17.7 Å². The maximum atomic E-state index is 11.4. The fourth-order valence-corrected chi connectivity index (χ4v) is 4.15. The van der Waals surface area contributed by atoms with E-state index in [9.17, 15) is 9.90 Å². The maximum absolute atomic E-state index is 11.4. The first-order chi connectivity index (χ1) is 9.19. The molecule has 2 atom stereocenters. The number of rotatable bonds is 3. The number of carbonyl (C=O) groups is 1. The van der Waals surface area contributed by atoms with Crippen molar-refractivity contribution in [1.82, 2.24) is 0 Å². The van der Waals surface area contributed by atoms with E-state index in [0.717, 1.165) is 4.90 Å². The molecule has 4 nitrogen and oxygen atoms in total. The lowest BCUT2D eigenvalue weighted by atomic mass is 10.1. The first-order valence-corrected chi connectivity index (χ1v) is 7.29. The number of benzene rings is 1. The van der Waals surface area contributed by atoms with Gasteiger partial charge in [-0.15, -0.1) is 11.8 Å². The molecule has 1 saturated carbocycles. The normalized spacial score (nSPS) is 28.8. The number of hydrogen-bond acceptors (Lipinski definition) is 4. The molecule has 0 bridgehead atoms. The van der Waals surface area contributed by atoms with Crippen molar-refractivity contribution in [1.29, 1.82) is 0 Å². The lowest BCUT2D eigenvalue weighted by Gasteiger charge is -2.21. The minimum absolute atomic E-state index is 0.00185. The Hall–Kier alpha value is -1.04. The fraction of sp³-hybridized carbons (Fsp3) is 0.500. The van der Waals surface area contributed by atoms with Gasteiger partial charge in [-0.2, -0.15) is 0 Å².